The van der Waals surface area contributed by atoms with E-state index in [1.54, 1.807) is 30.5 Å². The topological polar surface area (TPSA) is 101 Å². The molecule has 41 heavy (non-hydrogen) atoms. The molecule has 0 bridgehead atoms. The Morgan fingerprint density at radius 2 is 1.80 bits per heavy atom. The lowest BCUT2D eigenvalue weighted by molar-refractivity contribution is 0.274. The third kappa shape index (κ3) is 6.78. The summed E-state index contributed by atoms with van der Waals surface area (Å²) in [6.45, 7) is -0.144. The number of ether oxygens (including phenoxy) is 1. The van der Waals surface area contributed by atoms with Crippen molar-refractivity contribution in [3.63, 3.8) is 0 Å². The van der Waals surface area contributed by atoms with Crippen molar-refractivity contribution < 1.29 is 27.0 Å². The molecular formula is C31H31F2N3O4S. The van der Waals surface area contributed by atoms with Gasteiger partial charge in [0.1, 0.15) is 18.2 Å². The molecule has 0 unspecified atom stereocenters. The number of para-hydroxylation sites is 1. The van der Waals surface area contributed by atoms with Gasteiger partial charge in [-0.3, -0.25) is 0 Å². The van der Waals surface area contributed by atoms with Gasteiger partial charge in [0.05, 0.1) is 18.6 Å². The maximum absolute atomic E-state index is 15.3. The summed E-state index contributed by atoms with van der Waals surface area (Å²) in [6, 6.07) is 19.7. The van der Waals surface area contributed by atoms with Gasteiger partial charge in [-0.05, 0) is 61.1 Å². The van der Waals surface area contributed by atoms with Crippen molar-refractivity contribution in [2.75, 3.05) is 6.26 Å². The Morgan fingerprint density at radius 3 is 2.56 bits per heavy atom. The molecule has 3 aromatic carbocycles. The van der Waals surface area contributed by atoms with Crippen molar-refractivity contribution in [3.05, 3.63) is 113 Å². The minimum atomic E-state index is -3.44. The van der Waals surface area contributed by atoms with Crippen LogP contribution in [0.3, 0.4) is 0 Å². The molecule has 1 saturated carbocycles. The van der Waals surface area contributed by atoms with Crippen LogP contribution in [-0.4, -0.2) is 35.8 Å². The molecule has 0 spiro atoms. The first-order chi connectivity index (χ1) is 19.7. The van der Waals surface area contributed by atoms with Gasteiger partial charge in [0, 0.05) is 28.8 Å². The third-order valence-electron chi connectivity index (χ3n) is 7.40. The monoisotopic (exact) mass is 579 g/mol. The normalized spacial score (nSPS) is 18.9. The van der Waals surface area contributed by atoms with Crippen LogP contribution >= 0.6 is 0 Å². The maximum atomic E-state index is 15.3. The number of aliphatic hydroxyl groups excluding tert-OH is 1. The Labute approximate surface area is 238 Å². The first-order valence-corrected chi connectivity index (χ1v) is 15.2. The summed E-state index contributed by atoms with van der Waals surface area (Å²) in [7, 11) is -3.44. The van der Waals surface area contributed by atoms with Gasteiger partial charge in [-0.15, -0.1) is 0 Å². The number of aromatic nitrogens is 2. The summed E-state index contributed by atoms with van der Waals surface area (Å²) in [6.07, 6.45) is 4.65. The first kappa shape index (κ1) is 28.8. The highest BCUT2D eigenvalue weighted by molar-refractivity contribution is 7.88. The largest absolute Gasteiger partial charge is 0.485 e. The molecule has 0 saturated heterocycles. The van der Waals surface area contributed by atoms with Crippen LogP contribution in [0, 0.1) is 11.6 Å². The Kier molecular flexibility index (Phi) is 8.44. The SMILES string of the molecule is CS(=O)(=O)N[C@H]1CC[C@](Cc2ccc(F)c(-c3cccc(F)c3OCc3ccccc3)c2)(c2nccc(CO)n2)C1. The first-order valence-electron chi connectivity index (χ1n) is 13.3. The van der Waals surface area contributed by atoms with E-state index < -0.39 is 27.1 Å². The highest BCUT2D eigenvalue weighted by Gasteiger charge is 2.44. The van der Waals surface area contributed by atoms with E-state index >= 15 is 4.39 Å². The number of nitrogens with one attached hydrogen (secondary N) is 1. The lowest BCUT2D eigenvalue weighted by Gasteiger charge is -2.29. The molecular weight excluding hydrogens is 548 g/mol. The van der Waals surface area contributed by atoms with E-state index in [0.29, 0.717) is 37.2 Å². The zero-order valence-electron chi connectivity index (χ0n) is 22.6. The number of halogens is 2. The van der Waals surface area contributed by atoms with Crippen LogP contribution in [0.4, 0.5) is 8.78 Å². The number of benzene rings is 3. The summed E-state index contributed by atoms with van der Waals surface area (Å²) in [5.74, 6) is -0.677. The van der Waals surface area contributed by atoms with Crippen LogP contribution < -0.4 is 9.46 Å². The van der Waals surface area contributed by atoms with Crippen LogP contribution in [0.25, 0.3) is 11.1 Å². The smallest absolute Gasteiger partial charge is 0.208 e. The van der Waals surface area contributed by atoms with Crippen LogP contribution in [-0.2, 0) is 35.1 Å². The van der Waals surface area contributed by atoms with Crippen molar-refractivity contribution in [1.29, 1.82) is 0 Å². The third-order valence-corrected chi connectivity index (χ3v) is 8.16. The molecule has 4 aromatic rings. The van der Waals surface area contributed by atoms with E-state index in [1.807, 2.05) is 30.3 Å². The molecule has 1 aliphatic carbocycles. The summed E-state index contributed by atoms with van der Waals surface area (Å²) < 4.78 is 62.8. The Balaban J connectivity index is 1.50. The molecule has 0 radical (unpaired) electrons. The molecule has 1 aromatic heterocycles. The molecule has 0 amide bonds. The second-order valence-corrected chi connectivity index (χ2v) is 12.3. The molecule has 2 N–H and O–H groups in total. The second kappa shape index (κ2) is 12.0. The van der Waals surface area contributed by atoms with E-state index in [0.717, 1.165) is 17.4 Å². The van der Waals surface area contributed by atoms with Gasteiger partial charge in [-0.2, -0.15) is 0 Å². The van der Waals surface area contributed by atoms with Gasteiger partial charge >= 0.3 is 0 Å². The summed E-state index contributed by atoms with van der Waals surface area (Å²) in [5.41, 5.74) is 1.86. The zero-order valence-corrected chi connectivity index (χ0v) is 23.4. The van der Waals surface area contributed by atoms with Crippen molar-refractivity contribution >= 4 is 10.0 Å². The van der Waals surface area contributed by atoms with Crippen molar-refractivity contribution in [1.82, 2.24) is 14.7 Å². The van der Waals surface area contributed by atoms with Gasteiger partial charge in [0.15, 0.2) is 11.6 Å². The van der Waals surface area contributed by atoms with Gasteiger partial charge in [-0.25, -0.2) is 31.9 Å². The Morgan fingerprint density at radius 1 is 1.00 bits per heavy atom. The summed E-state index contributed by atoms with van der Waals surface area (Å²) in [4.78, 5) is 9.07. The molecule has 1 fully saturated rings. The zero-order chi connectivity index (χ0) is 29.0. The second-order valence-electron chi connectivity index (χ2n) is 10.5. The van der Waals surface area contributed by atoms with Crippen molar-refractivity contribution in [2.24, 2.45) is 0 Å². The van der Waals surface area contributed by atoms with E-state index in [2.05, 4.69) is 14.7 Å². The number of rotatable bonds is 10. The quantitative estimate of drug-likeness (QED) is 0.272. The molecule has 7 nitrogen and oxygen atoms in total. The molecule has 0 aliphatic heterocycles. The van der Waals surface area contributed by atoms with Crippen LogP contribution in [0.15, 0.2) is 79.0 Å². The number of nitrogens with zero attached hydrogens (tertiary/aromatic N) is 2. The molecule has 5 rings (SSSR count). The van der Waals surface area contributed by atoms with Crippen molar-refractivity contribution in [2.45, 2.75) is 50.4 Å². The average Bonchev–Trinajstić information content (AvgIpc) is 3.35. The summed E-state index contributed by atoms with van der Waals surface area (Å²) in [5, 5.41) is 9.68. The number of hydrogen-bond acceptors (Lipinski definition) is 6. The minimum Gasteiger partial charge on any atom is -0.485 e. The van der Waals surface area contributed by atoms with Gasteiger partial charge in [-0.1, -0.05) is 48.5 Å². The molecule has 2 atom stereocenters. The Bertz CT molecular complexity index is 1640. The lowest BCUT2D eigenvalue weighted by atomic mass is 9.78. The van der Waals surface area contributed by atoms with Crippen LogP contribution in [0.1, 0.15) is 41.9 Å². The van der Waals surface area contributed by atoms with Crippen LogP contribution in [0.5, 0.6) is 5.75 Å². The Hall–Kier alpha value is -3.73. The van der Waals surface area contributed by atoms with Crippen LogP contribution in [0.2, 0.25) is 0 Å². The number of sulfonamides is 1. The predicted molar refractivity (Wildman–Crippen MR) is 152 cm³/mol. The highest BCUT2D eigenvalue weighted by Crippen LogP contribution is 2.44. The van der Waals surface area contributed by atoms with Gasteiger partial charge in [0.25, 0.3) is 0 Å². The van der Waals surface area contributed by atoms with Gasteiger partial charge in [0.2, 0.25) is 10.0 Å². The molecule has 1 aliphatic rings. The minimum absolute atomic E-state index is 0.0422. The number of hydrogen-bond donors (Lipinski definition) is 2. The fraction of sp³-hybridized carbons (Fsp3) is 0.290. The molecule has 214 valence electrons. The maximum Gasteiger partial charge on any atom is 0.208 e. The molecule has 1 heterocycles. The standard InChI is InChI=1S/C31H31F2N3O4S/c1-41(38,39)36-23-12-14-31(18-23,30-34-15-13-24(19-37)35-30)17-22-10-11-27(32)26(16-22)25-8-5-9-28(33)29(25)40-20-21-6-3-2-4-7-21/h2-11,13,15-16,23,36-37H,12,14,17-20H2,1H3/t23-,31+/m0/s1. The number of aliphatic hydroxyl groups is 1. The average molecular weight is 580 g/mol. The van der Waals surface area contributed by atoms with E-state index in [9.17, 15) is 17.9 Å². The van der Waals surface area contributed by atoms with Gasteiger partial charge < -0.3 is 9.84 Å². The lowest BCUT2D eigenvalue weighted by Crippen LogP contribution is -2.35. The fourth-order valence-corrected chi connectivity index (χ4v) is 6.40. The predicted octanol–water partition coefficient (Wildman–Crippen LogP) is 5.08. The summed E-state index contributed by atoms with van der Waals surface area (Å²) >= 11 is 0. The van der Waals surface area contributed by atoms with Crippen molar-refractivity contribution in [3.8, 4) is 16.9 Å². The fourth-order valence-electron chi connectivity index (χ4n) is 5.59. The van der Waals surface area contributed by atoms with E-state index in [1.165, 1.54) is 18.2 Å². The van der Waals surface area contributed by atoms with E-state index in [4.69, 9.17) is 4.74 Å². The highest BCUT2D eigenvalue weighted by atomic mass is 32.2. The molecule has 10 heteroatoms. The van der Waals surface area contributed by atoms with E-state index in [-0.39, 0.29) is 36.1 Å².